The van der Waals surface area contributed by atoms with Crippen molar-refractivity contribution in [2.24, 2.45) is 17.8 Å². The maximum absolute atomic E-state index is 12.0. The molecule has 0 spiro atoms. The number of nitrogens with one attached hydrogen (secondary N) is 2. The van der Waals surface area contributed by atoms with Gasteiger partial charge >= 0.3 is 5.97 Å². The zero-order chi connectivity index (χ0) is 19.7. The van der Waals surface area contributed by atoms with E-state index in [-0.39, 0.29) is 36.5 Å². The zero-order valence-electron chi connectivity index (χ0n) is 17.0. The molecular formula is C20H36N2O4. The van der Waals surface area contributed by atoms with Gasteiger partial charge in [-0.3, -0.25) is 14.4 Å². The normalized spacial score (nSPS) is 21.5. The Morgan fingerprint density at radius 1 is 1.00 bits per heavy atom. The van der Waals surface area contributed by atoms with Crippen LogP contribution >= 0.6 is 0 Å². The Morgan fingerprint density at radius 3 is 2.31 bits per heavy atom. The lowest BCUT2D eigenvalue weighted by molar-refractivity contribution is -0.145. The van der Waals surface area contributed by atoms with E-state index in [4.69, 9.17) is 4.74 Å². The molecule has 0 radical (unpaired) electrons. The summed E-state index contributed by atoms with van der Waals surface area (Å²) in [5, 5.41) is 5.42. The van der Waals surface area contributed by atoms with Crippen LogP contribution in [0.2, 0.25) is 0 Å². The van der Waals surface area contributed by atoms with Crippen LogP contribution < -0.4 is 10.6 Å². The van der Waals surface area contributed by atoms with Crippen molar-refractivity contribution in [3.05, 3.63) is 0 Å². The lowest BCUT2D eigenvalue weighted by atomic mass is 9.97. The molecule has 3 atom stereocenters. The maximum Gasteiger partial charge on any atom is 0.305 e. The molecule has 1 aliphatic rings. The molecule has 6 nitrogen and oxygen atoms in total. The second-order valence-electron chi connectivity index (χ2n) is 8.27. The molecule has 0 saturated carbocycles. The van der Waals surface area contributed by atoms with Crippen LogP contribution in [0.5, 0.6) is 0 Å². The maximum atomic E-state index is 12.0. The van der Waals surface area contributed by atoms with Gasteiger partial charge in [-0.05, 0) is 30.6 Å². The number of piperazine rings is 1. The van der Waals surface area contributed by atoms with Crippen LogP contribution in [0.3, 0.4) is 0 Å². The van der Waals surface area contributed by atoms with Crippen LogP contribution in [0, 0.1) is 17.8 Å². The topological polar surface area (TPSA) is 84.5 Å². The van der Waals surface area contributed by atoms with E-state index in [0.29, 0.717) is 12.5 Å². The van der Waals surface area contributed by atoms with Gasteiger partial charge in [-0.2, -0.15) is 0 Å². The number of hydrogen-bond donors (Lipinski definition) is 2. The van der Waals surface area contributed by atoms with Crippen molar-refractivity contribution in [2.45, 2.75) is 85.2 Å². The highest BCUT2D eigenvalue weighted by molar-refractivity contribution is 5.97. The summed E-state index contributed by atoms with van der Waals surface area (Å²) in [6, 6.07) is -1.15. The van der Waals surface area contributed by atoms with E-state index in [9.17, 15) is 14.4 Å². The summed E-state index contributed by atoms with van der Waals surface area (Å²) in [4.78, 5) is 35.9. The molecule has 1 heterocycles. The highest BCUT2D eigenvalue weighted by Crippen LogP contribution is 2.15. The van der Waals surface area contributed by atoms with Crippen LogP contribution in [0.4, 0.5) is 0 Å². The van der Waals surface area contributed by atoms with Gasteiger partial charge in [0.25, 0.3) is 0 Å². The molecule has 3 unspecified atom stereocenters. The first-order valence-electron chi connectivity index (χ1n) is 9.97. The Kier molecular flexibility index (Phi) is 9.66. The fourth-order valence-electron chi connectivity index (χ4n) is 3.05. The van der Waals surface area contributed by atoms with E-state index >= 15 is 0 Å². The first-order chi connectivity index (χ1) is 12.2. The van der Waals surface area contributed by atoms with Crippen LogP contribution in [0.25, 0.3) is 0 Å². The summed E-state index contributed by atoms with van der Waals surface area (Å²) in [5.41, 5.74) is 0. The third-order valence-corrected chi connectivity index (χ3v) is 4.87. The molecule has 0 aromatic carbocycles. The standard InChI is InChI=1S/C20H36N2O4/c1-13(2)7-6-8-15(5)11-12-26-17(23)10-9-16-19(24)22-18(14(3)4)20(25)21-16/h13-16,18H,6-12H2,1-5H3,(H,21,25)(H,22,24). The Hall–Kier alpha value is -1.59. The van der Waals surface area contributed by atoms with Gasteiger partial charge in [-0.1, -0.05) is 53.9 Å². The van der Waals surface area contributed by atoms with E-state index in [2.05, 4.69) is 31.4 Å². The van der Waals surface area contributed by atoms with Gasteiger partial charge < -0.3 is 15.4 Å². The van der Waals surface area contributed by atoms with E-state index < -0.39 is 12.1 Å². The molecule has 0 aromatic heterocycles. The highest BCUT2D eigenvalue weighted by atomic mass is 16.5. The summed E-state index contributed by atoms with van der Waals surface area (Å²) < 4.78 is 5.27. The van der Waals surface area contributed by atoms with Gasteiger partial charge in [0.1, 0.15) is 12.1 Å². The molecule has 1 fully saturated rings. The summed E-state index contributed by atoms with van der Waals surface area (Å²) in [6.45, 7) is 10.8. The predicted octanol–water partition coefficient (Wildman–Crippen LogP) is 2.80. The molecule has 0 aliphatic carbocycles. The van der Waals surface area contributed by atoms with Crippen LogP contribution in [-0.2, 0) is 19.1 Å². The van der Waals surface area contributed by atoms with Gasteiger partial charge in [0, 0.05) is 6.42 Å². The highest BCUT2D eigenvalue weighted by Gasteiger charge is 2.35. The monoisotopic (exact) mass is 368 g/mol. The number of hydrogen-bond acceptors (Lipinski definition) is 4. The Morgan fingerprint density at radius 2 is 1.69 bits per heavy atom. The molecule has 150 valence electrons. The van der Waals surface area contributed by atoms with Crippen LogP contribution in [0.1, 0.15) is 73.1 Å². The Bertz CT molecular complexity index is 476. The molecule has 6 heteroatoms. The second-order valence-corrected chi connectivity index (χ2v) is 8.27. The Labute approximate surface area is 157 Å². The van der Waals surface area contributed by atoms with Crippen molar-refractivity contribution >= 4 is 17.8 Å². The van der Waals surface area contributed by atoms with Crippen molar-refractivity contribution in [1.29, 1.82) is 0 Å². The quantitative estimate of drug-likeness (QED) is 0.549. The first-order valence-corrected chi connectivity index (χ1v) is 9.97. The van der Waals surface area contributed by atoms with Crippen molar-refractivity contribution in [3.63, 3.8) is 0 Å². The summed E-state index contributed by atoms with van der Waals surface area (Å²) >= 11 is 0. The molecule has 1 aliphatic heterocycles. The number of amides is 2. The number of esters is 1. The minimum Gasteiger partial charge on any atom is -0.466 e. The zero-order valence-corrected chi connectivity index (χ0v) is 17.0. The third-order valence-electron chi connectivity index (χ3n) is 4.87. The number of ether oxygens (including phenoxy) is 1. The minimum atomic E-state index is -0.653. The van der Waals surface area contributed by atoms with Crippen molar-refractivity contribution < 1.29 is 19.1 Å². The summed E-state index contributed by atoms with van der Waals surface area (Å²) in [5.74, 6) is 0.578. The van der Waals surface area contributed by atoms with E-state index in [0.717, 1.165) is 18.8 Å². The summed E-state index contributed by atoms with van der Waals surface area (Å²) in [7, 11) is 0. The fraction of sp³-hybridized carbons (Fsp3) is 0.850. The molecule has 1 saturated heterocycles. The number of carbonyl (C=O) groups excluding carboxylic acids is 3. The van der Waals surface area contributed by atoms with Crippen LogP contribution in [-0.4, -0.2) is 36.5 Å². The second kappa shape index (κ2) is 11.2. The largest absolute Gasteiger partial charge is 0.466 e. The van der Waals surface area contributed by atoms with E-state index in [1.165, 1.54) is 12.8 Å². The van der Waals surface area contributed by atoms with Crippen molar-refractivity contribution in [3.8, 4) is 0 Å². The Balaban J connectivity index is 2.20. The average Bonchev–Trinajstić information content (AvgIpc) is 2.54. The first kappa shape index (κ1) is 22.5. The molecule has 0 aromatic rings. The van der Waals surface area contributed by atoms with Gasteiger partial charge in [0.15, 0.2) is 0 Å². The predicted molar refractivity (Wildman–Crippen MR) is 101 cm³/mol. The van der Waals surface area contributed by atoms with E-state index in [1.54, 1.807) is 0 Å². The van der Waals surface area contributed by atoms with Gasteiger partial charge in [0.2, 0.25) is 11.8 Å². The molecular weight excluding hydrogens is 332 g/mol. The van der Waals surface area contributed by atoms with Crippen LogP contribution in [0.15, 0.2) is 0 Å². The fourth-order valence-corrected chi connectivity index (χ4v) is 3.05. The molecule has 2 N–H and O–H groups in total. The lowest BCUT2D eigenvalue weighted by Gasteiger charge is -2.31. The third kappa shape index (κ3) is 8.19. The molecule has 0 bridgehead atoms. The minimum absolute atomic E-state index is 0.0346. The number of carbonyl (C=O) groups is 3. The van der Waals surface area contributed by atoms with Crippen molar-refractivity contribution in [1.82, 2.24) is 10.6 Å². The van der Waals surface area contributed by atoms with Crippen molar-refractivity contribution in [2.75, 3.05) is 6.61 Å². The SMILES string of the molecule is CC(C)CCCC(C)CCOC(=O)CCC1NC(=O)C(C(C)C)NC1=O. The van der Waals surface area contributed by atoms with Gasteiger partial charge in [-0.15, -0.1) is 0 Å². The molecule has 1 rings (SSSR count). The van der Waals surface area contributed by atoms with Gasteiger partial charge in [0.05, 0.1) is 6.61 Å². The smallest absolute Gasteiger partial charge is 0.305 e. The molecule has 26 heavy (non-hydrogen) atoms. The number of rotatable bonds is 11. The van der Waals surface area contributed by atoms with Gasteiger partial charge in [-0.25, -0.2) is 0 Å². The molecule has 2 amide bonds. The summed E-state index contributed by atoms with van der Waals surface area (Å²) in [6.07, 6.45) is 4.86. The average molecular weight is 369 g/mol. The van der Waals surface area contributed by atoms with E-state index in [1.807, 2.05) is 13.8 Å². The lowest BCUT2D eigenvalue weighted by Crippen LogP contribution is -2.63.